The molecule has 0 spiro atoms. The Balaban J connectivity index is 1.88. The minimum Gasteiger partial charge on any atom is -0.371 e. The van der Waals surface area contributed by atoms with Gasteiger partial charge >= 0.3 is 6.03 Å². The zero-order chi connectivity index (χ0) is 21.1. The van der Waals surface area contributed by atoms with Gasteiger partial charge in [0.15, 0.2) is 0 Å². The molecule has 1 aromatic carbocycles. The standard InChI is InChI=1S/C21H21N3O4S/c1-13(24(27)21(22)26)4-7-16-8-10-18(29-16)20(28-3)15-5-9-17-14(12-15)6-11-19(25)23(17)2/h5-6,8-13,20,27H,1-3H3,(H2,22,26). The van der Waals surface area contributed by atoms with Gasteiger partial charge in [-0.15, -0.1) is 11.3 Å². The van der Waals surface area contributed by atoms with Crippen LogP contribution in [0.25, 0.3) is 10.9 Å². The summed E-state index contributed by atoms with van der Waals surface area (Å²) in [5.74, 6) is 5.73. The first-order chi connectivity index (χ1) is 13.8. The highest BCUT2D eigenvalue weighted by molar-refractivity contribution is 7.12. The molecule has 150 valence electrons. The first-order valence-electron chi connectivity index (χ1n) is 8.83. The average molecular weight is 411 g/mol. The van der Waals surface area contributed by atoms with Gasteiger partial charge in [-0.05, 0) is 48.2 Å². The lowest BCUT2D eigenvalue weighted by Gasteiger charge is -2.15. The van der Waals surface area contributed by atoms with Crippen molar-refractivity contribution in [3.05, 3.63) is 68.1 Å². The van der Waals surface area contributed by atoms with E-state index in [9.17, 15) is 14.8 Å². The maximum absolute atomic E-state index is 11.8. The molecule has 0 aliphatic carbocycles. The minimum absolute atomic E-state index is 0.0537. The molecular formula is C21H21N3O4S. The predicted octanol–water partition coefficient (Wildman–Crippen LogP) is 2.85. The number of carbonyl (C=O) groups excluding carboxylic acids is 1. The van der Waals surface area contributed by atoms with Gasteiger partial charge in [-0.3, -0.25) is 10.0 Å². The second-order valence-corrected chi connectivity index (χ2v) is 7.61. The summed E-state index contributed by atoms with van der Waals surface area (Å²) in [6.45, 7) is 1.58. The second-order valence-electron chi connectivity index (χ2n) is 6.49. The fourth-order valence-corrected chi connectivity index (χ4v) is 3.95. The number of benzene rings is 1. The number of amides is 2. The molecule has 0 bridgehead atoms. The number of nitrogens with two attached hydrogens (primary N) is 1. The van der Waals surface area contributed by atoms with Crippen molar-refractivity contribution < 1.29 is 14.7 Å². The molecule has 0 saturated heterocycles. The number of carbonyl (C=O) groups is 1. The molecule has 0 aliphatic rings. The van der Waals surface area contributed by atoms with E-state index in [0.29, 0.717) is 5.06 Å². The van der Waals surface area contributed by atoms with Crippen LogP contribution in [-0.2, 0) is 11.8 Å². The molecule has 2 aromatic heterocycles. The van der Waals surface area contributed by atoms with Crippen LogP contribution in [0, 0.1) is 11.8 Å². The maximum atomic E-state index is 11.8. The number of hydroxylamine groups is 2. The summed E-state index contributed by atoms with van der Waals surface area (Å²) < 4.78 is 7.33. The number of nitrogens with zero attached hydrogens (tertiary/aromatic N) is 2. The third-order valence-electron chi connectivity index (χ3n) is 4.57. The molecule has 3 N–H and O–H groups in total. The third-order valence-corrected chi connectivity index (χ3v) is 5.61. The number of aromatic nitrogens is 1. The Bertz CT molecular complexity index is 1170. The van der Waals surface area contributed by atoms with E-state index in [0.717, 1.165) is 26.2 Å². The average Bonchev–Trinajstić information content (AvgIpc) is 3.17. The summed E-state index contributed by atoms with van der Waals surface area (Å²) in [6, 6.07) is 11.3. The quantitative estimate of drug-likeness (QED) is 0.392. The third kappa shape index (κ3) is 4.32. The number of aryl methyl sites for hydroxylation is 1. The van der Waals surface area contributed by atoms with E-state index >= 15 is 0 Å². The number of ether oxygens (including phenoxy) is 1. The molecule has 0 aliphatic heterocycles. The van der Waals surface area contributed by atoms with E-state index in [1.165, 1.54) is 11.3 Å². The Morgan fingerprint density at radius 3 is 2.72 bits per heavy atom. The van der Waals surface area contributed by atoms with Crippen LogP contribution in [-0.4, -0.2) is 34.0 Å². The number of methoxy groups -OCH3 is 1. The molecule has 2 unspecified atom stereocenters. The molecular weight excluding hydrogens is 390 g/mol. The lowest BCUT2D eigenvalue weighted by atomic mass is 10.0. The van der Waals surface area contributed by atoms with Gasteiger partial charge in [0, 0.05) is 25.1 Å². The maximum Gasteiger partial charge on any atom is 0.339 e. The molecule has 3 rings (SSSR count). The normalized spacial score (nSPS) is 12.8. The van der Waals surface area contributed by atoms with Gasteiger partial charge in [0.2, 0.25) is 0 Å². The Hall–Kier alpha value is -3.12. The SMILES string of the molecule is COC(c1ccc2c(ccc(=O)n2C)c1)c1ccc(C#CC(C)N(O)C(N)=O)s1. The highest BCUT2D eigenvalue weighted by Crippen LogP contribution is 2.32. The number of fused-ring (bicyclic) bond motifs is 1. The summed E-state index contributed by atoms with van der Waals surface area (Å²) in [5, 5.41) is 10.8. The number of urea groups is 1. The Morgan fingerprint density at radius 2 is 2.03 bits per heavy atom. The number of hydrogen-bond donors (Lipinski definition) is 2. The van der Waals surface area contributed by atoms with Gasteiger partial charge in [0.25, 0.3) is 5.56 Å². The number of hydrogen-bond acceptors (Lipinski definition) is 5. The van der Waals surface area contributed by atoms with E-state index in [-0.39, 0.29) is 11.7 Å². The van der Waals surface area contributed by atoms with Crippen LogP contribution in [0.15, 0.2) is 47.3 Å². The summed E-state index contributed by atoms with van der Waals surface area (Å²) >= 11 is 1.46. The van der Waals surface area contributed by atoms with Crippen LogP contribution in [0.4, 0.5) is 4.79 Å². The van der Waals surface area contributed by atoms with Crippen LogP contribution in [0.5, 0.6) is 0 Å². The first kappa shape index (κ1) is 20.6. The van der Waals surface area contributed by atoms with Gasteiger partial charge in [0.05, 0.1) is 10.4 Å². The summed E-state index contributed by atoms with van der Waals surface area (Å²) in [7, 11) is 3.38. The monoisotopic (exact) mass is 411 g/mol. The van der Waals surface area contributed by atoms with Gasteiger partial charge in [-0.25, -0.2) is 4.79 Å². The largest absolute Gasteiger partial charge is 0.371 e. The van der Waals surface area contributed by atoms with Crippen LogP contribution < -0.4 is 11.3 Å². The number of primary amides is 1. The number of pyridine rings is 1. The van der Waals surface area contributed by atoms with Crippen LogP contribution in [0.1, 0.15) is 28.3 Å². The highest BCUT2D eigenvalue weighted by Gasteiger charge is 2.17. The van der Waals surface area contributed by atoms with Crippen molar-refractivity contribution in [1.29, 1.82) is 0 Å². The molecule has 0 saturated carbocycles. The molecule has 7 nitrogen and oxygen atoms in total. The second kappa shape index (κ2) is 8.49. The van der Waals surface area contributed by atoms with Crippen LogP contribution in [0.3, 0.4) is 0 Å². The molecule has 29 heavy (non-hydrogen) atoms. The Kier molecular flexibility index (Phi) is 6.03. The van der Waals surface area contributed by atoms with Crippen molar-refractivity contribution >= 4 is 28.3 Å². The Morgan fingerprint density at radius 1 is 1.28 bits per heavy atom. The summed E-state index contributed by atoms with van der Waals surface area (Å²) in [5.41, 5.74) is 6.79. The molecule has 0 fully saturated rings. The van der Waals surface area contributed by atoms with E-state index in [1.807, 2.05) is 30.3 Å². The van der Waals surface area contributed by atoms with Crippen molar-refractivity contribution in [3.8, 4) is 11.8 Å². The zero-order valence-corrected chi connectivity index (χ0v) is 17.1. The Labute approximate surface area is 171 Å². The fraction of sp³-hybridized carbons (Fsp3) is 0.238. The van der Waals surface area contributed by atoms with Crippen LogP contribution in [0.2, 0.25) is 0 Å². The van der Waals surface area contributed by atoms with E-state index < -0.39 is 12.1 Å². The first-order valence-corrected chi connectivity index (χ1v) is 9.64. The topological polar surface area (TPSA) is 97.8 Å². The molecule has 2 amide bonds. The highest BCUT2D eigenvalue weighted by atomic mass is 32.1. The van der Waals surface area contributed by atoms with Gasteiger partial charge in [-0.2, -0.15) is 5.06 Å². The summed E-state index contributed by atoms with van der Waals surface area (Å²) in [4.78, 5) is 24.5. The van der Waals surface area contributed by atoms with E-state index in [4.69, 9.17) is 10.5 Å². The van der Waals surface area contributed by atoms with Gasteiger partial charge < -0.3 is 15.0 Å². The molecule has 8 heteroatoms. The lowest BCUT2D eigenvalue weighted by Crippen LogP contribution is -2.38. The van der Waals surface area contributed by atoms with Crippen molar-refractivity contribution in [2.45, 2.75) is 19.1 Å². The van der Waals surface area contributed by atoms with Gasteiger partial charge in [-0.1, -0.05) is 17.9 Å². The predicted molar refractivity (Wildman–Crippen MR) is 112 cm³/mol. The fourth-order valence-electron chi connectivity index (χ4n) is 2.97. The zero-order valence-electron chi connectivity index (χ0n) is 16.2. The molecule has 2 atom stereocenters. The molecule has 0 radical (unpaired) electrons. The smallest absolute Gasteiger partial charge is 0.339 e. The lowest BCUT2D eigenvalue weighted by molar-refractivity contribution is -0.0536. The van der Waals surface area contributed by atoms with Crippen LogP contribution >= 0.6 is 11.3 Å². The minimum atomic E-state index is -0.952. The van der Waals surface area contributed by atoms with E-state index in [1.54, 1.807) is 37.8 Å². The molecule has 2 heterocycles. The van der Waals surface area contributed by atoms with E-state index in [2.05, 4.69) is 11.8 Å². The summed E-state index contributed by atoms with van der Waals surface area (Å²) in [6.07, 6.45) is -0.283. The van der Waals surface area contributed by atoms with Crippen molar-refractivity contribution in [2.24, 2.45) is 12.8 Å². The van der Waals surface area contributed by atoms with Crippen molar-refractivity contribution in [1.82, 2.24) is 9.63 Å². The van der Waals surface area contributed by atoms with Crippen molar-refractivity contribution in [3.63, 3.8) is 0 Å². The molecule has 3 aromatic rings. The number of thiophene rings is 1. The van der Waals surface area contributed by atoms with Gasteiger partial charge in [0.1, 0.15) is 12.1 Å². The van der Waals surface area contributed by atoms with Crippen molar-refractivity contribution in [2.75, 3.05) is 7.11 Å². The number of rotatable bonds is 4.